The van der Waals surface area contributed by atoms with Gasteiger partial charge in [0.15, 0.2) is 0 Å². The van der Waals surface area contributed by atoms with Crippen LogP contribution in [0.4, 0.5) is 0 Å². The fourth-order valence-electron chi connectivity index (χ4n) is 1.11. The highest BCUT2D eigenvalue weighted by Crippen LogP contribution is 2.25. The molecule has 1 aromatic rings. The van der Waals surface area contributed by atoms with E-state index in [1.165, 1.54) is 0 Å². The SMILES string of the molecule is Cc1cccc([C@H](N)CN)c1O. The summed E-state index contributed by atoms with van der Waals surface area (Å²) in [6, 6.07) is 5.21. The third kappa shape index (κ3) is 1.57. The molecule has 66 valence electrons. The van der Waals surface area contributed by atoms with Crippen molar-refractivity contribution in [2.45, 2.75) is 13.0 Å². The fourth-order valence-corrected chi connectivity index (χ4v) is 1.11. The molecule has 5 N–H and O–H groups in total. The molecule has 1 aromatic carbocycles. The smallest absolute Gasteiger partial charge is 0.123 e. The van der Waals surface area contributed by atoms with Gasteiger partial charge in [0, 0.05) is 18.2 Å². The van der Waals surface area contributed by atoms with Gasteiger partial charge in [-0.05, 0) is 12.5 Å². The minimum absolute atomic E-state index is 0.260. The van der Waals surface area contributed by atoms with E-state index < -0.39 is 0 Å². The molecule has 0 saturated heterocycles. The van der Waals surface area contributed by atoms with Gasteiger partial charge in [0.2, 0.25) is 0 Å². The largest absolute Gasteiger partial charge is 0.507 e. The molecule has 1 atom stereocenters. The van der Waals surface area contributed by atoms with E-state index in [1.54, 1.807) is 6.07 Å². The van der Waals surface area contributed by atoms with Crippen LogP contribution in [0.3, 0.4) is 0 Å². The molecule has 0 aromatic heterocycles. The molecular weight excluding hydrogens is 152 g/mol. The first-order valence-corrected chi connectivity index (χ1v) is 3.91. The average Bonchev–Trinajstić information content (AvgIpc) is 2.08. The number of phenols is 1. The molecule has 1 rings (SSSR count). The number of para-hydroxylation sites is 1. The Labute approximate surface area is 72.0 Å². The molecular formula is C9H14N2O. The summed E-state index contributed by atoms with van der Waals surface area (Å²) in [6.45, 7) is 2.18. The molecule has 0 amide bonds. The highest BCUT2D eigenvalue weighted by molar-refractivity contribution is 5.41. The van der Waals surface area contributed by atoms with Gasteiger partial charge in [0.1, 0.15) is 5.75 Å². The molecule has 0 aliphatic carbocycles. The summed E-state index contributed by atoms with van der Waals surface area (Å²) in [6.07, 6.45) is 0. The van der Waals surface area contributed by atoms with Crippen LogP contribution in [0, 0.1) is 6.92 Å². The number of phenolic OH excluding ortho intramolecular Hbond substituents is 1. The van der Waals surface area contributed by atoms with Gasteiger partial charge in [0.05, 0.1) is 0 Å². The Balaban J connectivity index is 3.07. The Morgan fingerprint density at radius 3 is 2.75 bits per heavy atom. The lowest BCUT2D eigenvalue weighted by atomic mass is 10.0. The third-order valence-corrected chi connectivity index (χ3v) is 1.92. The topological polar surface area (TPSA) is 72.3 Å². The maximum Gasteiger partial charge on any atom is 0.123 e. The van der Waals surface area contributed by atoms with Crippen LogP contribution in [0.1, 0.15) is 17.2 Å². The molecule has 12 heavy (non-hydrogen) atoms. The highest BCUT2D eigenvalue weighted by atomic mass is 16.3. The molecule has 0 aliphatic rings. The van der Waals surface area contributed by atoms with Crippen molar-refractivity contribution < 1.29 is 5.11 Å². The van der Waals surface area contributed by atoms with Gasteiger partial charge in [-0.2, -0.15) is 0 Å². The second kappa shape index (κ2) is 3.56. The van der Waals surface area contributed by atoms with Gasteiger partial charge in [-0.3, -0.25) is 0 Å². The number of benzene rings is 1. The quantitative estimate of drug-likeness (QED) is 0.604. The van der Waals surface area contributed by atoms with Crippen molar-refractivity contribution in [3.05, 3.63) is 29.3 Å². The number of aromatic hydroxyl groups is 1. The van der Waals surface area contributed by atoms with E-state index in [2.05, 4.69) is 0 Å². The van der Waals surface area contributed by atoms with Gasteiger partial charge in [0.25, 0.3) is 0 Å². The van der Waals surface area contributed by atoms with E-state index in [-0.39, 0.29) is 11.8 Å². The first-order chi connectivity index (χ1) is 5.66. The van der Waals surface area contributed by atoms with E-state index >= 15 is 0 Å². The van der Waals surface area contributed by atoms with Crippen molar-refractivity contribution in [2.24, 2.45) is 11.5 Å². The Hall–Kier alpha value is -1.06. The molecule has 0 spiro atoms. The number of nitrogens with two attached hydrogens (primary N) is 2. The number of hydrogen-bond acceptors (Lipinski definition) is 3. The number of hydrogen-bond donors (Lipinski definition) is 3. The fraction of sp³-hybridized carbons (Fsp3) is 0.333. The van der Waals surface area contributed by atoms with Crippen LogP contribution in [-0.4, -0.2) is 11.7 Å². The van der Waals surface area contributed by atoms with Crippen LogP contribution in [0.15, 0.2) is 18.2 Å². The van der Waals surface area contributed by atoms with Crippen molar-refractivity contribution in [3.8, 4) is 5.75 Å². The molecule has 0 heterocycles. The molecule has 0 bridgehead atoms. The number of aryl methyl sites for hydroxylation is 1. The maximum absolute atomic E-state index is 9.56. The zero-order chi connectivity index (χ0) is 9.14. The standard InChI is InChI=1S/C9H14N2O/c1-6-3-2-4-7(9(6)12)8(11)5-10/h2-4,8,12H,5,10-11H2,1H3/t8-/m1/s1. The van der Waals surface area contributed by atoms with Crippen molar-refractivity contribution in [3.63, 3.8) is 0 Å². The Morgan fingerprint density at radius 2 is 2.17 bits per heavy atom. The summed E-state index contributed by atoms with van der Waals surface area (Å²) in [5.74, 6) is 0.260. The van der Waals surface area contributed by atoms with Crippen LogP contribution in [0.2, 0.25) is 0 Å². The molecule has 3 nitrogen and oxygen atoms in total. The number of rotatable bonds is 2. The van der Waals surface area contributed by atoms with Gasteiger partial charge in [-0.1, -0.05) is 18.2 Å². The Kier molecular flexibility index (Phi) is 2.68. The summed E-state index contributed by atoms with van der Waals surface area (Å²) in [4.78, 5) is 0. The Bertz CT molecular complexity index is 273. The molecule has 0 aliphatic heterocycles. The predicted octanol–water partition coefficient (Wildman–Crippen LogP) is 0.659. The molecule has 0 radical (unpaired) electrons. The summed E-state index contributed by atoms with van der Waals surface area (Å²) in [5, 5.41) is 9.56. The van der Waals surface area contributed by atoms with Gasteiger partial charge < -0.3 is 16.6 Å². The zero-order valence-corrected chi connectivity index (χ0v) is 7.12. The maximum atomic E-state index is 9.56. The first kappa shape index (κ1) is 9.03. The second-order valence-corrected chi connectivity index (χ2v) is 2.85. The van der Waals surface area contributed by atoms with E-state index in [9.17, 15) is 5.11 Å². The minimum atomic E-state index is -0.273. The van der Waals surface area contributed by atoms with Crippen molar-refractivity contribution >= 4 is 0 Å². The van der Waals surface area contributed by atoms with E-state index in [4.69, 9.17) is 11.5 Å². The normalized spacial score (nSPS) is 12.9. The van der Waals surface area contributed by atoms with E-state index in [1.807, 2.05) is 19.1 Å². The molecule has 0 fully saturated rings. The summed E-state index contributed by atoms with van der Waals surface area (Å²) in [5.41, 5.74) is 12.6. The monoisotopic (exact) mass is 166 g/mol. The Morgan fingerprint density at radius 1 is 1.50 bits per heavy atom. The van der Waals surface area contributed by atoms with Crippen LogP contribution in [-0.2, 0) is 0 Å². The van der Waals surface area contributed by atoms with E-state index in [0.717, 1.165) is 11.1 Å². The van der Waals surface area contributed by atoms with Crippen molar-refractivity contribution in [2.75, 3.05) is 6.54 Å². The highest BCUT2D eigenvalue weighted by Gasteiger charge is 2.09. The third-order valence-electron chi connectivity index (χ3n) is 1.92. The minimum Gasteiger partial charge on any atom is -0.507 e. The van der Waals surface area contributed by atoms with Gasteiger partial charge >= 0.3 is 0 Å². The van der Waals surface area contributed by atoms with Crippen LogP contribution >= 0.6 is 0 Å². The lowest BCUT2D eigenvalue weighted by molar-refractivity contribution is 0.458. The second-order valence-electron chi connectivity index (χ2n) is 2.85. The summed E-state index contributed by atoms with van der Waals surface area (Å²) in [7, 11) is 0. The molecule has 0 unspecified atom stereocenters. The van der Waals surface area contributed by atoms with Crippen LogP contribution in [0.5, 0.6) is 5.75 Å². The van der Waals surface area contributed by atoms with E-state index in [0.29, 0.717) is 6.54 Å². The summed E-state index contributed by atoms with van der Waals surface area (Å²) < 4.78 is 0. The van der Waals surface area contributed by atoms with Gasteiger partial charge in [-0.15, -0.1) is 0 Å². The average molecular weight is 166 g/mol. The molecule has 0 saturated carbocycles. The molecule has 3 heteroatoms. The van der Waals surface area contributed by atoms with Gasteiger partial charge in [-0.25, -0.2) is 0 Å². The zero-order valence-electron chi connectivity index (χ0n) is 7.12. The van der Waals surface area contributed by atoms with Crippen molar-refractivity contribution in [1.29, 1.82) is 0 Å². The lowest BCUT2D eigenvalue weighted by Crippen LogP contribution is -2.20. The van der Waals surface area contributed by atoms with Crippen LogP contribution in [0.25, 0.3) is 0 Å². The van der Waals surface area contributed by atoms with Crippen LogP contribution < -0.4 is 11.5 Å². The summed E-state index contributed by atoms with van der Waals surface area (Å²) >= 11 is 0. The lowest BCUT2D eigenvalue weighted by Gasteiger charge is -2.12. The first-order valence-electron chi connectivity index (χ1n) is 3.91. The predicted molar refractivity (Wildman–Crippen MR) is 48.8 cm³/mol. The van der Waals surface area contributed by atoms with Crippen molar-refractivity contribution in [1.82, 2.24) is 0 Å².